The second-order valence-electron chi connectivity index (χ2n) is 11.3. The number of nitrogens with one attached hydrogen (secondary N) is 1. The van der Waals surface area contributed by atoms with Crippen molar-refractivity contribution in [2.75, 3.05) is 13.1 Å². The highest BCUT2D eigenvalue weighted by Gasteiger charge is 2.58. The van der Waals surface area contributed by atoms with Gasteiger partial charge >= 0.3 is 6.18 Å². The fourth-order valence-electron chi connectivity index (χ4n) is 6.66. The number of H-pyrrole nitrogens is 1. The number of benzene rings is 3. The number of rotatable bonds is 9. The van der Waals surface area contributed by atoms with E-state index in [2.05, 4.69) is 9.97 Å². The first-order valence-corrected chi connectivity index (χ1v) is 14.5. The normalized spacial score (nSPS) is 16.3. The van der Waals surface area contributed by atoms with Gasteiger partial charge in [0, 0.05) is 18.8 Å². The van der Waals surface area contributed by atoms with E-state index in [4.69, 9.17) is 5.73 Å². The van der Waals surface area contributed by atoms with Gasteiger partial charge in [-0.15, -0.1) is 0 Å². The van der Waals surface area contributed by atoms with Crippen molar-refractivity contribution in [1.29, 1.82) is 0 Å². The molecule has 2 heterocycles. The van der Waals surface area contributed by atoms with Gasteiger partial charge in [0.05, 0.1) is 23.4 Å². The summed E-state index contributed by atoms with van der Waals surface area (Å²) in [4.78, 5) is 24.0. The molecule has 5 nitrogen and oxygen atoms in total. The van der Waals surface area contributed by atoms with Crippen LogP contribution in [0.25, 0.3) is 0 Å². The van der Waals surface area contributed by atoms with Crippen LogP contribution in [0, 0.1) is 12.8 Å². The van der Waals surface area contributed by atoms with Gasteiger partial charge in [-0.1, -0.05) is 91.0 Å². The maximum atomic E-state index is 14.9. The summed E-state index contributed by atoms with van der Waals surface area (Å²) >= 11 is 0. The van der Waals surface area contributed by atoms with Gasteiger partial charge in [0.2, 0.25) is 5.91 Å². The van der Waals surface area contributed by atoms with E-state index < -0.39 is 23.0 Å². The number of likely N-dealkylation sites (tertiary alicyclic amines) is 1. The Bertz CT molecular complexity index is 1350. The average molecular weight is 575 g/mol. The van der Waals surface area contributed by atoms with Crippen LogP contribution < -0.4 is 5.73 Å². The largest absolute Gasteiger partial charge is 0.391 e. The topological polar surface area (TPSA) is 75.0 Å². The Hall–Kier alpha value is -3.91. The van der Waals surface area contributed by atoms with Crippen LogP contribution in [0.1, 0.15) is 53.8 Å². The minimum Gasteiger partial charge on any atom is -0.348 e. The fraction of sp³-hybridized carbons (Fsp3) is 0.353. The van der Waals surface area contributed by atoms with Gasteiger partial charge in [0.25, 0.3) is 0 Å². The SMILES string of the molecule is Cc1[nH]cnc1CCCC(N)(C(=O)N1CCC(C(F)(F)F)CC1)C(c1ccccc1)(c1ccccc1)c1ccccc1. The lowest BCUT2D eigenvalue weighted by Gasteiger charge is -2.51. The molecule has 1 aliphatic rings. The molecule has 0 saturated carbocycles. The number of carbonyl (C=O) groups is 1. The summed E-state index contributed by atoms with van der Waals surface area (Å²) in [6.45, 7) is 1.97. The minimum atomic E-state index is -4.28. The van der Waals surface area contributed by atoms with Crippen LogP contribution in [-0.2, 0) is 16.6 Å². The van der Waals surface area contributed by atoms with Crippen LogP contribution in [0.2, 0.25) is 0 Å². The van der Waals surface area contributed by atoms with E-state index in [1.165, 1.54) is 0 Å². The smallest absolute Gasteiger partial charge is 0.348 e. The molecule has 0 bridgehead atoms. The lowest BCUT2D eigenvalue weighted by atomic mass is 9.56. The summed E-state index contributed by atoms with van der Waals surface area (Å²) < 4.78 is 40.7. The number of imidazole rings is 1. The van der Waals surface area contributed by atoms with Gasteiger partial charge in [-0.25, -0.2) is 4.98 Å². The van der Waals surface area contributed by atoms with Gasteiger partial charge in [-0.05, 0) is 55.7 Å². The number of carbonyl (C=O) groups excluding carboxylic acids is 1. The van der Waals surface area contributed by atoms with Crippen molar-refractivity contribution in [3.63, 3.8) is 0 Å². The highest BCUT2D eigenvalue weighted by molar-refractivity contribution is 5.91. The molecule has 0 radical (unpaired) electrons. The number of halogens is 3. The third kappa shape index (κ3) is 5.48. The van der Waals surface area contributed by atoms with E-state index in [0.717, 1.165) is 28.1 Å². The molecule has 0 aliphatic carbocycles. The molecule has 1 saturated heterocycles. The van der Waals surface area contributed by atoms with Crippen molar-refractivity contribution in [2.24, 2.45) is 11.7 Å². The predicted molar refractivity (Wildman–Crippen MR) is 158 cm³/mol. The summed E-state index contributed by atoms with van der Waals surface area (Å²) in [5, 5.41) is 0. The summed E-state index contributed by atoms with van der Waals surface area (Å²) in [6.07, 6.45) is -1.44. The molecule has 0 spiro atoms. The molecule has 5 rings (SSSR count). The predicted octanol–water partition coefficient (Wildman–Crippen LogP) is 6.57. The number of hydrogen-bond acceptors (Lipinski definition) is 3. The molecular formula is C34H37F3N4O. The number of alkyl halides is 3. The molecule has 1 unspecified atom stereocenters. The van der Waals surface area contributed by atoms with Gasteiger partial charge in [0.15, 0.2) is 0 Å². The number of aryl methyl sites for hydroxylation is 2. The van der Waals surface area contributed by atoms with E-state index in [-0.39, 0.29) is 38.3 Å². The molecule has 1 atom stereocenters. The third-order valence-corrected chi connectivity index (χ3v) is 8.84. The number of hydrogen-bond donors (Lipinski definition) is 2. The van der Waals surface area contributed by atoms with Crippen molar-refractivity contribution < 1.29 is 18.0 Å². The van der Waals surface area contributed by atoms with E-state index in [1.807, 2.05) is 97.9 Å². The van der Waals surface area contributed by atoms with Crippen LogP contribution in [0.4, 0.5) is 13.2 Å². The molecule has 1 aliphatic heterocycles. The van der Waals surface area contributed by atoms with Crippen LogP contribution in [-0.4, -0.2) is 45.6 Å². The number of nitrogens with zero attached hydrogens (tertiary/aromatic N) is 2. The number of aromatic nitrogens is 2. The maximum Gasteiger partial charge on any atom is 0.391 e. The standard InChI is InChI=1S/C34H37F3N4O/c1-25-30(40-24-39-25)18-11-21-32(38,31(42)41-22-19-29(20-23-41)34(35,36)37)33(26-12-5-2-6-13-26,27-14-7-3-8-15-27)28-16-9-4-10-17-28/h2-10,12-17,24,29H,11,18-23,38H2,1H3,(H,39,40). The van der Waals surface area contributed by atoms with Crippen LogP contribution in [0.15, 0.2) is 97.3 Å². The molecule has 3 N–H and O–H groups in total. The van der Waals surface area contributed by atoms with Gasteiger partial charge in [-0.3, -0.25) is 4.79 Å². The quantitative estimate of drug-likeness (QED) is 0.222. The Morgan fingerprint density at radius 2 is 1.36 bits per heavy atom. The van der Waals surface area contributed by atoms with E-state index >= 15 is 0 Å². The lowest BCUT2D eigenvalue weighted by Crippen LogP contribution is -2.68. The highest BCUT2D eigenvalue weighted by atomic mass is 19.4. The summed E-state index contributed by atoms with van der Waals surface area (Å²) in [6, 6.07) is 29.3. The molecule has 1 fully saturated rings. The monoisotopic (exact) mass is 574 g/mol. The van der Waals surface area contributed by atoms with E-state index in [0.29, 0.717) is 12.8 Å². The molecule has 1 aromatic heterocycles. The van der Waals surface area contributed by atoms with Crippen molar-refractivity contribution in [3.05, 3.63) is 125 Å². The summed E-state index contributed by atoms with van der Waals surface area (Å²) in [7, 11) is 0. The average Bonchev–Trinajstić information content (AvgIpc) is 3.42. The third-order valence-electron chi connectivity index (χ3n) is 8.84. The molecule has 4 aromatic rings. The van der Waals surface area contributed by atoms with Crippen LogP contribution in [0.3, 0.4) is 0 Å². The fourth-order valence-corrected chi connectivity index (χ4v) is 6.66. The number of aromatic amines is 1. The van der Waals surface area contributed by atoms with Gasteiger partial charge in [-0.2, -0.15) is 13.2 Å². The molecule has 220 valence electrons. The Morgan fingerprint density at radius 3 is 1.76 bits per heavy atom. The first-order valence-electron chi connectivity index (χ1n) is 14.5. The molecular weight excluding hydrogens is 537 g/mol. The Balaban J connectivity index is 1.68. The first-order chi connectivity index (χ1) is 20.2. The Kier molecular flexibility index (Phi) is 8.55. The first kappa shape index (κ1) is 29.6. The van der Waals surface area contributed by atoms with Crippen molar-refractivity contribution >= 4 is 5.91 Å². The molecule has 8 heteroatoms. The second-order valence-corrected chi connectivity index (χ2v) is 11.3. The van der Waals surface area contributed by atoms with Crippen molar-refractivity contribution in [1.82, 2.24) is 14.9 Å². The Labute approximate surface area is 245 Å². The van der Waals surface area contributed by atoms with Crippen LogP contribution in [0.5, 0.6) is 0 Å². The van der Waals surface area contributed by atoms with Crippen LogP contribution >= 0.6 is 0 Å². The molecule has 1 amide bonds. The maximum absolute atomic E-state index is 14.9. The van der Waals surface area contributed by atoms with E-state index in [1.54, 1.807) is 11.2 Å². The molecule has 3 aromatic carbocycles. The number of amides is 1. The minimum absolute atomic E-state index is 0.00881. The number of nitrogens with two attached hydrogens (primary N) is 1. The summed E-state index contributed by atoms with van der Waals surface area (Å²) in [5.74, 6) is -1.75. The van der Waals surface area contributed by atoms with Gasteiger partial charge < -0.3 is 15.6 Å². The van der Waals surface area contributed by atoms with Crippen molar-refractivity contribution in [2.45, 2.75) is 56.2 Å². The molecule has 42 heavy (non-hydrogen) atoms. The zero-order valence-corrected chi connectivity index (χ0v) is 23.8. The van der Waals surface area contributed by atoms with Crippen molar-refractivity contribution in [3.8, 4) is 0 Å². The lowest BCUT2D eigenvalue weighted by molar-refractivity contribution is -0.187. The van der Waals surface area contributed by atoms with Gasteiger partial charge in [0.1, 0.15) is 5.54 Å². The summed E-state index contributed by atoms with van der Waals surface area (Å²) in [5.41, 5.74) is 9.34. The van der Waals surface area contributed by atoms with E-state index in [9.17, 15) is 18.0 Å². The Morgan fingerprint density at radius 1 is 0.881 bits per heavy atom. The second kappa shape index (κ2) is 12.1. The zero-order chi connectivity index (χ0) is 29.8. The highest BCUT2D eigenvalue weighted by Crippen LogP contribution is 2.49. The number of piperidine rings is 1. The zero-order valence-electron chi connectivity index (χ0n) is 23.8.